The molecule has 0 saturated carbocycles. The average molecular weight is 271 g/mol. The molecule has 1 heterocycles. The van der Waals surface area contributed by atoms with E-state index in [1.165, 1.54) is 13.0 Å². The van der Waals surface area contributed by atoms with Gasteiger partial charge in [0.2, 0.25) is 5.91 Å². The second-order valence-corrected chi connectivity index (χ2v) is 4.80. The van der Waals surface area contributed by atoms with Crippen LogP contribution in [0.15, 0.2) is 47.2 Å². The Hall–Kier alpha value is -2.20. The highest BCUT2D eigenvalue weighted by molar-refractivity contribution is 7.08. The summed E-state index contributed by atoms with van der Waals surface area (Å²) in [5, 5.41) is 6.64. The smallest absolute Gasteiger partial charge is 0.248 e. The van der Waals surface area contributed by atoms with Gasteiger partial charge in [-0.2, -0.15) is 11.3 Å². The van der Waals surface area contributed by atoms with E-state index in [1.54, 1.807) is 41.7 Å². The van der Waals surface area contributed by atoms with Crippen LogP contribution in [-0.4, -0.2) is 11.7 Å². The molecule has 0 aliphatic rings. The normalized spacial score (nSPS) is 10.6. The first-order valence-electron chi connectivity index (χ1n) is 5.77. The number of amides is 1. The maximum absolute atomic E-state index is 11.7. The fraction of sp³-hybridized carbons (Fsp3) is 0.0667. The lowest BCUT2D eigenvalue weighted by Gasteiger charge is -2.03. The molecule has 0 aliphatic carbocycles. The molecule has 4 heteroatoms. The fourth-order valence-electron chi connectivity index (χ4n) is 1.54. The van der Waals surface area contributed by atoms with E-state index in [-0.39, 0.29) is 11.7 Å². The highest BCUT2D eigenvalue weighted by atomic mass is 32.1. The lowest BCUT2D eigenvalue weighted by molar-refractivity contribution is -0.111. The number of nitrogens with one attached hydrogen (secondary N) is 1. The van der Waals surface area contributed by atoms with Crippen molar-refractivity contribution in [2.75, 3.05) is 5.32 Å². The molecule has 0 unspecified atom stereocenters. The van der Waals surface area contributed by atoms with Gasteiger partial charge in [0.15, 0.2) is 5.78 Å². The molecule has 1 amide bonds. The molecule has 0 saturated heterocycles. The predicted molar refractivity (Wildman–Crippen MR) is 78.4 cm³/mol. The van der Waals surface area contributed by atoms with Crippen LogP contribution in [0.3, 0.4) is 0 Å². The molecule has 1 N–H and O–H groups in total. The van der Waals surface area contributed by atoms with E-state index < -0.39 is 0 Å². The Morgan fingerprint density at radius 1 is 1.26 bits per heavy atom. The number of rotatable bonds is 4. The monoisotopic (exact) mass is 271 g/mol. The minimum atomic E-state index is -0.216. The van der Waals surface area contributed by atoms with Crippen molar-refractivity contribution in [3.05, 3.63) is 58.3 Å². The van der Waals surface area contributed by atoms with Crippen LogP contribution >= 0.6 is 11.3 Å². The molecular weight excluding hydrogens is 258 g/mol. The number of thiophene rings is 1. The number of benzene rings is 1. The standard InChI is InChI=1S/C15H13NO2S/c1-11(17)13-3-2-4-14(9-13)16-15(18)6-5-12-7-8-19-10-12/h2-10H,1H3,(H,16,18)/b6-5+. The number of anilines is 1. The van der Waals surface area contributed by atoms with Crippen molar-refractivity contribution in [1.29, 1.82) is 0 Å². The first-order chi connectivity index (χ1) is 9.15. The van der Waals surface area contributed by atoms with Gasteiger partial charge in [-0.05, 0) is 47.5 Å². The molecule has 0 radical (unpaired) electrons. The fourth-order valence-corrected chi connectivity index (χ4v) is 2.17. The van der Waals surface area contributed by atoms with E-state index in [1.807, 2.05) is 16.8 Å². The summed E-state index contributed by atoms with van der Waals surface area (Å²) in [7, 11) is 0. The van der Waals surface area contributed by atoms with Gasteiger partial charge in [-0.1, -0.05) is 12.1 Å². The first-order valence-corrected chi connectivity index (χ1v) is 6.72. The molecule has 0 aliphatic heterocycles. The average Bonchev–Trinajstić information content (AvgIpc) is 2.90. The Morgan fingerprint density at radius 3 is 2.79 bits per heavy atom. The Labute approximate surface area is 115 Å². The molecule has 0 fully saturated rings. The summed E-state index contributed by atoms with van der Waals surface area (Å²) >= 11 is 1.58. The topological polar surface area (TPSA) is 46.2 Å². The summed E-state index contributed by atoms with van der Waals surface area (Å²) < 4.78 is 0. The Balaban J connectivity index is 2.03. The maximum atomic E-state index is 11.7. The van der Waals surface area contributed by atoms with Crippen molar-refractivity contribution in [3.63, 3.8) is 0 Å². The van der Waals surface area contributed by atoms with Crippen LogP contribution in [0.4, 0.5) is 5.69 Å². The first kappa shape index (κ1) is 13.2. The second-order valence-electron chi connectivity index (χ2n) is 4.02. The predicted octanol–water partition coefficient (Wildman–Crippen LogP) is 3.60. The van der Waals surface area contributed by atoms with E-state index in [2.05, 4.69) is 5.32 Å². The van der Waals surface area contributed by atoms with E-state index in [9.17, 15) is 9.59 Å². The number of ketones is 1. The van der Waals surface area contributed by atoms with Crippen molar-refractivity contribution < 1.29 is 9.59 Å². The van der Waals surface area contributed by atoms with E-state index in [0.29, 0.717) is 11.3 Å². The molecule has 3 nitrogen and oxygen atoms in total. The molecule has 2 aromatic rings. The molecule has 1 aromatic heterocycles. The van der Waals surface area contributed by atoms with Crippen LogP contribution in [0.25, 0.3) is 6.08 Å². The number of hydrogen-bond acceptors (Lipinski definition) is 3. The zero-order valence-electron chi connectivity index (χ0n) is 10.4. The summed E-state index contributed by atoms with van der Waals surface area (Å²) in [5.41, 5.74) is 2.20. The van der Waals surface area contributed by atoms with Gasteiger partial charge in [-0.15, -0.1) is 0 Å². The van der Waals surface area contributed by atoms with E-state index in [0.717, 1.165) is 5.56 Å². The lowest BCUT2D eigenvalue weighted by Crippen LogP contribution is -2.08. The van der Waals surface area contributed by atoms with Crippen LogP contribution in [0.1, 0.15) is 22.8 Å². The third-order valence-electron chi connectivity index (χ3n) is 2.51. The van der Waals surface area contributed by atoms with Gasteiger partial charge in [-0.25, -0.2) is 0 Å². The zero-order chi connectivity index (χ0) is 13.7. The number of carbonyl (C=O) groups excluding carboxylic acids is 2. The van der Waals surface area contributed by atoms with Crippen LogP contribution in [0.5, 0.6) is 0 Å². The van der Waals surface area contributed by atoms with Gasteiger partial charge >= 0.3 is 0 Å². The maximum Gasteiger partial charge on any atom is 0.248 e. The van der Waals surface area contributed by atoms with Crippen molar-refractivity contribution in [1.82, 2.24) is 0 Å². The lowest BCUT2D eigenvalue weighted by atomic mass is 10.1. The third kappa shape index (κ3) is 3.89. The SMILES string of the molecule is CC(=O)c1cccc(NC(=O)/C=C/c2ccsc2)c1. The van der Waals surface area contributed by atoms with Crippen molar-refractivity contribution in [3.8, 4) is 0 Å². The summed E-state index contributed by atoms with van der Waals surface area (Å²) in [6.45, 7) is 1.50. The molecule has 0 atom stereocenters. The quantitative estimate of drug-likeness (QED) is 0.682. The highest BCUT2D eigenvalue weighted by Gasteiger charge is 2.02. The van der Waals surface area contributed by atoms with Crippen LogP contribution in [0, 0.1) is 0 Å². The van der Waals surface area contributed by atoms with Crippen molar-refractivity contribution in [2.45, 2.75) is 6.92 Å². The van der Waals surface area contributed by atoms with Gasteiger partial charge in [0, 0.05) is 17.3 Å². The van der Waals surface area contributed by atoms with E-state index in [4.69, 9.17) is 0 Å². The molecule has 1 aromatic carbocycles. The van der Waals surface area contributed by atoms with E-state index >= 15 is 0 Å². The van der Waals surface area contributed by atoms with Crippen LogP contribution in [-0.2, 0) is 4.79 Å². The molecular formula is C15H13NO2S. The Bertz CT molecular complexity index is 615. The van der Waals surface area contributed by atoms with Gasteiger partial charge in [0.1, 0.15) is 0 Å². The zero-order valence-corrected chi connectivity index (χ0v) is 11.2. The van der Waals surface area contributed by atoms with Gasteiger partial charge < -0.3 is 5.32 Å². The van der Waals surface area contributed by atoms with Crippen LogP contribution < -0.4 is 5.32 Å². The van der Waals surface area contributed by atoms with Gasteiger partial charge in [0.25, 0.3) is 0 Å². The third-order valence-corrected chi connectivity index (χ3v) is 3.21. The summed E-state index contributed by atoms with van der Waals surface area (Å²) in [6, 6.07) is 8.82. The largest absolute Gasteiger partial charge is 0.322 e. The van der Waals surface area contributed by atoms with Crippen molar-refractivity contribution in [2.24, 2.45) is 0 Å². The molecule has 0 spiro atoms. The minimum absolute atomic E-state index is 0.0232. The summed E-state index contributed by atoms with van der Waals surface area (Å²) in [4.78, 5) is 22.9. The Morgan fingerprint density at radius 2 is 2.11 bits per heavy atom. The molecule has 2 rings (SSSR count). The molecule has 19 heavy (non-hydrogen) atoms. The highest BCUT2D eigenvalue weighted by Crippen LogP contribution is 2.12. The Kier molecular flexibility index (Phi) is 4.26. The van der Waals surface area contributed by atoms with Crippen molar-refractivity contribution >= 4 is 34.8 Å². The number of carbonyl (C=O) groups is 2. The number of hydrogen-bond donors (Lipinski definition) is 1. The molecule has 0 bridgehead atoms. The molecule has 96 valence electrons. The van der Waals surface area contributed by atoms with Crippen LogP contribution in [0.2, 0.25) is 0 Å². The summed E-state index contributed by atoms with van der Waals surface area (Å²) in [6.07, 6.45) is 3.23. The second kappa shape index (κ2) is 6.11. The minimum Gasteiger partial charge on any atom is -0.322 e. The summed E-state index contributed by atoms with van der Waals surface area (Å²) in [5.74, 6) is -0.239. The number of Topliss-reactive ketones (excluding diaryl/α,β-unsaturated/α-hetero) is 1. The van der Waals surface area contributed by atoms with Gasteiger partial charge in [-0.3, -0.25) is 9.59 Å². The van der Waals surface area contributed by atoms with Gasteiger partial charge in [0.05, 0.1) is 0 Å².